The highest BCUT2D eigenvalue weighted by Gasteiger charge is 2.15. The summed E-state index contributed by atoms with van der Waals surface area (Å²) in [6.07, 6.45) is 2.61. The molecule has 3 aromatic carbocycles. The van der Waals surface area contributed by atoms with E-state index in [-0.39, 0.29) is 5.91 Å². The van der Waals surface area contributed by atoms with Gasteiger partial charge in [0.1, 0.15) is 0 Å². The van der Waals surface area contributed by atoms with Crippen LogP contribution in [0.25, 0.3) is 0 Å². The summed E-state index contributed by atoms with van der Waals surface area (Å²) in [6.45, 7) is 2.87. The minimum Gasteiger partial charge on any atom is -0.294 e. The molecule has 0 atom stereocenters. The molecule has 4 rings (SSSR count). The average molecular weight is 438 g/mol. The van der Waals surface area contributed by atoms with Crippen molar-refractivity contribution in [2.45, 2.75) is 19.5 Å². The minimum absolute atomic E-state index is 0.259. The summed E-state index contributed by atoms with van der Waals surface area (Å²) in [6, 6.07) is 21.4. The lowest BCUT2D eigenvalue weighted by atomic mass is 9.99. The van der Waals surface area contributed by atoms with Crippen LogP contribution in [0.2, 0.25) is 10.0 Å². The highest BCUT2D eigenvalue weighted by molar-refractivity contribution is 6.42. The molecule has 0 saturated carbocycles. The Bertz CT molecular complexity index is 1080. The van der Waals surface area contributed by atoms with Gasteiger partial charge in [0.05, 0.1) is 16.3 Å². The molecule has 0 unspecified atom stereocenters. The molecular weight excluding hydrogens is 417 g/mol. The van der Waals surface area contributed by atoms with Crippen molar-refractivity contribution >= 4 is 35.3 Å². The number of nitrogens with zero attached hydrogens (tertiary/aromatic N) is 2. The van der Waals surface area contributed by atoms with E-state index < -0.39 is 0 Å². The Morgan fingerprint density at radius 1 is 1.00 bits per heavy atom. The van der Waals surface area contributed by atoms with Gasteiger partial charge in [-0.3, -0.25) is 9.69 Å². The molecule has 1 heterocycles. The van der Waals surface area contributed by atoms with Crippen LogP contribution in [0.3, 0.4) is 0 Å². The van der Waals surface area contributed by atoms with Gasteiger partial charge < -0.3 is 0 Å². The second kappa shape index (κ2) is 9.43. The van der Waals surface area contributed by atoms with E-state index in [1.807, 2.05) is 24.3 Å². The monoisotopic (exact) mass is 437 g/mol. The van der Waals surface area contributed by atoms with E-state index in [2.05, 4.69) is 39.7 Å². The first-order chi connectivity index (χ1) is 14.6. The van der Waals surface area contributed by atoms with Crippen molar-refractivity contribution in [3.05, 3.63) is 105 Å². The Labute approximate surface area is 186 Å². The van der Waals surface area contributed by atoms with Crippen molar-refractivity contribution in [2.24, 2.45) is 5.10 Å². The zero-order valence-electron chi connectivity index (χ0n) is 16.3. The molecule has 0 fully saturated rings. The van der Waals surface area contributed by atoms with Crippen LogP contribution in [0.15, 0.2) is 71.8 Å². The van der Waals surface area contributed by atoms with E-state index in [1.54, 1.807) is 18.2 Å². The molecule has 1 aliphatic rings. The maximum atomic E-state index is 12.3. The molecule has 0 aliphatic carbocycles. The minimum atomic E-state index is -0.259. The average Bonchev–Trinajstić information content (AvgIpc) is 2.76. The molecule has 0 aromatic heterocycles. The van der Waals surface area contributed by atoms with Crippen LogP contribution in [-0.4, -0.2) is 23.6 Å². The molecule has 4 nitrogen and oxygen atoms in total. The van der Waals surface area contributed by atoms with Crippen molar-refractivity contribution in [1.29, 1.82) is 0 Å². The highest BCUT2D eigenvalue weighted by Crippen LogP contribution is 2.22. The van der Waals surface area contributed by atoms with E-state index in [1.165, 1.54) is 22.9 Å². The summed E-state index contributed by atoms with van der Waals surface area (Å²) in [7, 11) is 0. The summed E-state index contributed by atoms with van der Waals surface area (Å²) in [5.74, 6) is -0.259. The number of carbonyl (C=O) groups excluding carboxylic acids is 1. The zero-order valence-corrected chi connectivity index (χ0v) is 17.8. The Hall–Kier alpha value is -2.66. The molecule has 0 radical (unpaired) electrons. The van der Waals surface area contributed by atoms with Gasteiger partial charge in [-0.1, -0.05) is 65.7 Å². The van der Waals surface area contributed by atoms with Gasteiger partial charge in [0.25, 0.3) is 5.91 Å². The van der Waals surface area contributed by atoms with Crippen molar-refractivity contribution in [1.82, 2.24) is 10.3 Å². The summed E-state index contributed by atoms with van der Waals surface area (Å²) < 4.78 is 0. The first-order valence-electron chi connectivity index (χ1n) is 9.75. The highest BCUT2D eigenvalue weighted by atomic mass is 35.5. The van der Waals surface area contributed by atoms with Crippen LogP contribution in [0, 0.1) is 0 Å². The third-order valence-corrected chi connectivity index (χ3v) is 5.89. The van der Waals surface area contributed by atoms with Gasteiger partial charge in [-0.15, -0.1) is 0 Å². The summed E-state index contributed by atoms with van der Waals surface area (Å²) in [4.78, 5) is 14.7. The first kappa shape index (κ1) is 20.6. The van der Waals surface area contributed by atoms with Gasteiger partial charge in [-0.2, -0.15) is 5.10 Å². The fraction of sp³-hybridized carbons (Fsp3) is 0.167. The van der Waals surface area contributed by atoms with Crippen molar-refractivity contribution in [3.63, 3.8) is 0 Å². The number of hydrogen-bond acceptors (Lipinski definition) is 3. The second-order valence-electron chi connectivity index (χ2n) is 7.30. The number of fused-ring (bicyclic) bond motifs is 1. The summed E-state index contributed by atoms with van der Waals surface area (Å²) >= 11 is 11.9. The lowest BCUT2D eigenvalue weighted by molar-refractivity contribution is 0.0955. The van der Waals surface area contributed by atoms with Crippen molar-refractivity contribution in [2.75, 3.05) is 6.54 Å². The fourth-order valence-electron chi connectivity index (χ4n) is 3.53. The molecule has 3 aromatic rings. The van der Waals surface area contributed by atoms with Gasteiger partial charge in [0.2, 0.25) is 0 Å². The Balaban J connectivity index is 1.32. The van der Waals surface area contributed by atoms with E-state index in [0.29, 0.717) is 15.6 Å². The number of amides is 1. The lowest BCUT2D eigenvalue weighted by Gasteiger charge is -2.28. The van der Waals surface area contributed by atoms with Crippen LogP contribution in [0.1, 0.15) is 32.6 Å². The molecule has 0 spiro atoms. The van der Waals surface area contributed by atoms with Crippen molar-refractivity contribution < 1.29 is 4.79 Å². The molecule has 152 valence electrons. The van der Waals surface area contributed by atoms with E-state index in [4.69, 9.17) is 23.2 Å². The third-order valence-electron chi connectivity index (χ3n) is 5.16. The SMILES string of the molecule is O=C(N/N=C\c1ccc(Cl)c(Cl)c1)c1ccc(CN2CCc3ccccc3C2)cc1. The molecule has 0 saturated heterocycles. The predicted octanol–water partition coefficient (Wildman–Crippen LogP) is 5.32. The molecule has 30 heavy (non-hydrogen) atoms. The van der Waals surface area contributed by atoms with Crippen molar-refractivity contribution in [3.8, 4) is 0 Å². The number of rotatable bonds is 5. The quantitative estimate of drug-likeness (QED) is 0.433. The summed E-state index contributed by atoms with van der Waals surface area (Å²) in [5, 5.41) is 4.91. The summed E-state index contributed by atoms with van der Waals surface area (Å²) in [5.41, 5.74) is 7.89. The number of benzene rings is 3. The second-order valence-corrected chi connectivity index (χ2v) is 8.11. The Morgan fingerprint density at radius 2 is 1.77 bits per heavy atom. The Morgan fingerprint density at radius 3 is 2.53 bits per heavy atom. The van der Waals surface area contributed by atoms with Gasteiger partial charge in [0, 0.05) is 25.2 Å². The fourth-order valence-corrected chi connectivity index (χ4v) is 3.84. The standard InChI is InChI=1S/C24H21Cl2N3O/c25-22-10-7-18(13-23(22)26)14-27-28-24(30)20-8-5-17(6-9-20)15-29-12-11-19-3-1-2-4-21(19)16-29/h1-10,13-14H,11-12,15-16H2,(H,28,30)/b27-14-. The van der Waals surface area contributed by atoms with Crippen LogP contribution >= 0.6 is 23.2 Å². The van der Waals surface area contributed by atoms with Crippen LogP contribution in [-0.2, 0) is 19.5 Å². The van der Waals surface area contributed by atoms with E-state index >= 15 is 0 Å². The number of carbonyl (C=O) groups is 1. The number of hydrazone groups is 1. The van der Waals surface area contributed by atoms with Gasteiger partial charge in [-0.05, 0) is 52.9 Å². The van der Waals surface area contributed by atoms with Gasteiger partial charge in [0.15, 0.2) is 0 Å². The largest absolute Gasteiger partial charge is 0.294 e. The van der Waals surface area contributed by atoms with Gasteiger partial charge in [-0.25, -0.2) is 5.43 Å². The van der Waals surface area contributed by atoms with Crippen LogP contribution < -0.4 is 5.43 Å². The smallest absolute Gasteiger partial charge is 0.271 e. The molecule has 1 amide bonds. The maximum Gasteiger partial charge on any atom is 0.271 e. The predicted molar refractivity (Wildman–Crippen MR) is 122 cm³/mol. The van der Waals surface area contributed by atoms with E-state index in [0.717, 1.165) is 31.6 Å². The first-order valence-corrected chi connectivity index (χ1v) is 10.5. The molecule has 1 N–H and O–H groups in total. The third kappa shape index (κ3) is 5.08. The maximum absolute atomic E-state index is 12.3. The lowest BCUT2D eigenvalue weighted by Crippen LogP contribution is -2.30. The number of halogens is 2. The van der Waals surface area contributed by atoms with Crippen LogP contribution in [0.4, 0.5) is 0 Å². The Kier molecular flexibility index (Phi) is 6.48. The zero-order chi connectivity index (χ0) is 20.9. The molecule has 0 bridgehead atoms. The van der Waals surface area contributed by atoms with E-state index in [9.17, 15) is 4.79 Å². The van der Waals surface area contributed by atoms with Crippen LogP contribution in [0.5, 0.6) is 0 Å². The van der Waals surface area contributed by atoms with Gasteiger partial charge >= 0.3 is 0 Å². The normalized spacial score (nSPS) is 13.9. The molecule has 6 heteroatoms. The topological polar surface area (TPSA) is 44.7 Å². The number of nitrogens with one attached hydrogen (secondary N) is 1. The molecular formula is C24H21Cl2N3O. The number of hydrogen-bond donors (Lipinski definition) is 1. The molecule has 1 aliphatic heterocycles.